The van der Waals surface area contributed by atoms with Crippen LogP contribution in [0.15, 0.2) is 146 Å². The van der Waals surface area contributed by atoms with E-state index in [0.717, 1.165) is 40.2 Å². The van der Waals surface area contributed by atoms with Crippen LogP contribution in [0.3, 0.4) is 0 Å². The van der Waals surface area contributed by atoms with Gasteiger partial charge in [0.25, 0.3) is 17.8 Å². The van der Waals surface area contributed by atoms with Gasteiger partial charge in [0.05, 0.1) is 61.1 Å². The molecule has 2 amide bonds. The van der Waals surface area contributed by atoms with Gasteiger partial charge < -0.3 is 52.8 Å². The fraction of sp³-hybridized carbons (Fsp3) is 0.316. The summed E-state index contributed by atoms with van der Waals surface area (Å²) in [6.45, 7) is 4.08. The molecule has 4 saturated heterocycles. The van der Waals surface area contributed by atoms with Crippen molar-refractivity contribution in [1.29, 1.82) is 0 Å². The van der Waals surface area contributed by atoms with Gasteiger partial charge in [-0.3, -0.25) is 9.59 Å². The first kappa shape index (κ1) is 57.5. The van der Waals surface area contributed by atoms with Gasteiger partial charge in [0, 0.05) is 11.8 Å². The van der Waals surface area contributed by atoms with Crippen LogP contribution in [0.1, 0.15) is 70.7 Å². The minimum absolute atomic E-state index is 0. The first-order chi connectivity index (χ1) is 35.8. The van der Waals surface area contributed by atoms with E-state index in [-0.39, 0.29) is 52.9 Å². The maximum Gasteiger partial charge on any atom is 1.00 e. The van der Waals surface area contributed by atoms with E-state index in [1.54, 1.807) is 101 Å². The summed E-state index contributed by atoms with van der Waals surface area (Å²) in [5.74, 6) is -1.63. The molecule has 0 spiro atoms. The summed E-state index contributed by atoms with van der Waals surface area (Å²) in [7, 11) is 1.30. The van der Waals surface area contributed by atoms with Gasteiger partial charge in [0.2, 0.25) is 0 Å². The summed E-state index contributed by atoms with van der Waals surface area (Å²) < 4.78 is 72.3. The first-order valence-electron chi connectivity index (χ1n) is 24.0. The molecule has 4 aliphatic heterocycles. The molecule has 1 atom stereocenters. The monoisotopic (exact) mass is 1070 g/mol. The number of hydrogen-bond donors (Lipinski definition) is 2. The predicted molar refractivity (Wildman–Crippen MR) is 270 cm³/mol. The van der Waals surface area contributed by atoms with Crippen LogP contribution in [0, 0.1) is 5.41 Å². The summed E-state index contributed by atoms with van der Waals surface area (Å²) in [5, 5.41) is 22.1. The Morgan fingerprint density at radius 3 is 1.21 bits per heavy atom. The molecule has 6 aromatic rings. The number of imide groups is 1. The number of carbonyl (C=O) groups is 3. The Morgan fingerprint density at radius 1 is 0.592 bits per heavy atom. The Bertz CT molecular complexity index is 2940. The van der Waals surface area contributed by atoms with E-state index in [4.69, 9.17) is 38.0 Å². The van der Waals surface area contributed by atoms with E-state index in [0.29, 0.717) is 60.0 Å². The van der Waals surface area contributed by atoms with Crippen molar-refractivity contribution in [2.24, 2.45) is 5.41 Å². The second-order valence-electron chi connectivity index (χ2n) is 18.8. The largest absolute Gasteiger partial charge is 1.00 e. The molecule has 0 aliphatic carbocycles. The zero-order valence-corrected chi connectivity index (χ0v) is 45.9. The summed E-state index contributed by atoms with van der Waals surface area (Å²) in [5.41, 5.74) is 2.87. The number of rotatable bonds is 18. The Kier molecular flexibility index (Phi) is 18.2. The van der Waals surface area contributed by atoms with E-state index in [1.165, 1.54) is 0 Å². The molecule has 0 aromatic heterocycles. The van der Waals surface area contributed by atoms with Crippen LogP contribution in [0.4, 0.5) is 0 Å². The molecule has 4 heterocycles. The third kappa shape index (κ3) is 12.5. The van der Waals surface area contributed by atoms with Gasteiger partial charge in [-0.05, 0) is 106 Å². The normalized spacial score (nSPS) is 19.2. The number of aryl methyl sites for hydroxylation is 2. The molecular formula is C57H58NNaO16S. The van der Waals surface area contributed by atoms with Gasteiger partial charge in [-0.25, -0.2) is 13.2 Å². The fourth-order valence-corrected chi connectivity index (χ4v) is 9.76. The van der Waals surface area contributed by atoms with Crippen molar-refractivity contribution in [2.45, 2.75) is 61.5 Å². The predicted octanol–water partition coefficient (Wildman–Crippen LogP) is 3.71. The number of hydroxylamine groups is 2. The molecule has 10 rings (SSSR count). The summed E-state index contributed by atoms with van der Waals surface area (Å²) in [6, 6.07) is 43.9. The van der Waals surface area contributed by atoms with Crippen molar-refractivity contribution in [1.82, 2.24) is 5.06 Å². The van der Waals surface area contributed by atoms with Crippen molar-refractivity contribution < 1.29 is 105 Å². The number of ether oxygens (including phenoxy) is 7. The van der Waals surface area contributed by atoms with E-state index < -0.39 is 56.7 Å². The van der Waals surface area contributed by atoms with Crippen LogP contribution >= 0.6 is 0 Å². The molecule has 4 aliphatic rings. The second-order valence-corrected chi connectivity index (χ2v) is 20.3. The van der Waals surface area contributed by atoms with E-state index in [9.17, 15) is 37.6 Å². The Balaban J connectivity index is 0.000000220. The van der Waals surface area contributed by atoms with Crippen LogP contribution in [0.2, 0.25) is 0 Å². The molecule has 76 heavy (non-hydrogen) atoms. The van der Waals surface area contributed by atoms with Gasteiger partial charge in [0.15, 0.2) is 0 Å². The second kappa shape index (κ2) is 24.0. The summed E-state index contributed by atoms with van der Waals surface area (Å²) in [4.78, 5) is 40.9. The van der Waals surface area contributed by atoms with Gasteiger partial charge in [-0.15, -0.1) is 5.06 Å². The zero-order valence-electron chi connectivity index (χ0n) is 43.1. The van der Waals surface area contributed by atoms with Gasteiger partial charge in [-0.1, -0.05) is 104 Å². The number of aliphatic hydroxyl groups is 2. The molecule has 6 aromatic carbocycles. The van der Waals surface area contributed by atoms with Gasteiger partial charge in [0.1, 0.15) is 49.6 Å². The number of carbonyl (C=O) groups excluding carboxylic acids is 3. The summed E-state index contributed by atoms with van der Waals surface area (Å²) >= 11 is 0. The van der Waals surface area contributed by atoms with Crippen molar-refractivity contribution in [2.75, 3.05) is 48.3 Å². The Labute approximate surface area is 463 Å². The minimum Gasteiger partial charge on any atom is -0.747 e. The number of fused-ring (bicyclic) bond motifs is 3. The van der Waals surface area contributed by atoms with E-state index in [1.807, 2.05) is 72.8 Å². The molecule has 2 bridgehead atoms. The molecule has 2 N–H and O–H groups in total. The van der Waals surface area contributed by atoms with Crippen LogP contribution < -0.4 is 48.5 Å². The third-order valence-corrected chi connectivity index (χ3v) is 14.7. The maximum atomic E-state index is 12.3. The third-order valence-electron chi connectivity index (χ3n) is 13.6. The Hall–Kier alpha value is -6.16. The average molecular weight is 1070 g/mol. The van der Waals surface area contributed by atoms with Crippen molar-refractivity contribution in [3.05, 3.63) is 190 Å². The molecule has 17 nitrogen and oxygen atoms in total. The smallest absolute Gasteiger partial charge is 0.747 e. The SMILES string of the molecule is COc1ccc(C(O)(c2ccc(CCC(=O)ON3C(=O)CC(S(=O)(=O)[O-])C3=O)cc2)c2ccc(OC)cc2)cc1.COc1ccc(C(O)(c2ccc(CCC34OCC(C)(CO3)CO4)cc2)c2ccc(OC)cc2)cc1.[Na+]. The van der Waals surface area contributed by atoms with Gasteiger partial charge >= 0.3 is 35.5 Å². The molecular weight excluding hydrogens is 1010 g/mol. The van der Waals surface area contributed by atoms with Crippen molar-refractivity contribution in [3.63, 3.8) is 0 Å². The number of nitrogens with zero attached hydrogens (tertiary/aromatic N) is 1. The quantitative estimate of drug-likeness (QED) is 0.0542. The number of amides is 2. The zero-order chi connectivity index (χ0) is 53.6. The molecule has 19 heteroatoms. The topological polar surface area (TPSA) is 226 Å². The molecule has 1 unspecified atom stereocenters. The summed E-state index contributed by atoms with van der Waals surface area (Å²) in [6.07, 6.45) is 0.392. The molecule has 0 radical (unpaired) electrons. The van der Waals surface area contributed by atoms with Crippen LogP contribution in [0.25, 0.3) is 0 Å². The number of methoxy groups -OCH3 is 4. The van der Waals surface area contributed by atoms with Crippen molar-refractivity contribution in [3.8, 4) is 23.0 Å². The number of hydrogen-bond acceptors (Lipinski definition) is 16. The average Bonchev–Trinajstić information content (AvgIpc) is 3.75. The van der Waals surface area contributed by atoms with Crippen molar-refractivity contribution >= 4 is 27.9 Å². The van der Waals surface area contributed by atoms with Crippen LogP contribution in [0.5, 0.6) is 23.0 Å². The van der Waals surface area contributed by atoms with Crippen LogP contribution in [-0.4, -0.2) is 106 Å². The molecule has 394 valence electrons. The van der Waals surface area contributed by atoms with E-state index >= 15 is 0 Å². The fourth-order valence-electron chi connectivity index (χ4n) is 9.07. The van der Waals surface area contributed by atoms with Crippen LogP contribution in [-0.2, 0) is 67.6 Å². The molecule has 4 fully saturated rings. The molecule has 0 saturated carbocycles. The minimum atomic E-state index is -5.06. The standard InChI is InChI=1S/C29H32O6.C28H27NO10S.Na/c1-27-18-33-28(34-19-27,35-20-27)17-16-21-4-6-22(7-5-21)29(30,23-8-12-25(31-2)13-9-23)24-10-14-26(32-3)15-11-24;1-37-22-12-8-20(9-13-22)28(33,21-10-14-23(38-2)15-11-21)19-6-3-18(4-7-19)5-16-26(31)39-29-25(30)17-24(27(29)32)40(34,35)36;/h4-15,30H,16-20H2,1-3H3;3-4,6-15,24,33H,5,16-17H2,1-2H3,(H,34,35,36);/q;;+1/p-1. The van der Waals surface area contributed by atoms with E-state index in [2.05, 4.69) is 6.92 Å². The Morgan fingerprint density at radius 2 is 0.908 bits per heavy atom. The first-order valence-corrected chi connectivity index (χ1v) is 25.5. The maximum absolute atomic E-state index is 12.3. The van der Waals surface area contributed by atoms with Gasteiger partial charge in [-0.2, -0.15) is 0 Å². The number of benzene rings is 6.